The van der Waals surface area contributed by atoms with Gasteiger partial charge in [0.25, 0.3) is 16.7 Å². The Morgan fingerprint density at radius 1 is 0.565 bits per heavy atom. The normalized spacial score (nSPS) is 29.3. The Morgan fingerprint density at radius 2 is 0.887 bits per heavy atom. The highest BCUT2D eigenvalue weighted by Crippen LogP contribution is 2.39. The van der Waals surface area contributed by atoms with Crippen molar-refractivity contribution in [3.63, 3.8) is 0 Å². The van der Waals surface area contributed by atoms with Gasteiger partial charge in [0.1, 0.15) is 36.6 Å². The van der Waals surface area contributed by atoms with Gasteiger partial charge in [-0.25, -0.2) is 14.4 Å². The highest BCUT2D eigenvalue weighted by molar-refractivity contribution is 5.67. The van der Waals surface area contributed by atoms with Gasteiger partial charge in [0.05, 0.1) is 26.4 Å². The van der Waals surface area contributed by atoms with Crippen LogP contribution in [0.15, 0.2) is 78.2 Å². The first-order valence-electron chi connectivity index (χ1n) is 19.0. The number of nitrogens with one attached hydrogen (secondary N) is 3. The molecule has 25 nitrogen and oxygen atoms in total. The van der Waals surface area contributed by atoms with E-state index < -0.39 is 138 Å². The van der Waals surface area contributed by atoms with Crippen LogP contribution < -0.4 is 33.7 Å². The summed E-state index contributed by atoms with van der Waals surface area (Å²) in [6.45, 7) is 5.81. The maximum Gasteiger partial charge on any atom is 0.330 e. The molecule has 3 aromatic heterocycles. The van der Waals surface area contributed by atoms with Crippen LogP contribution in [0.5, 0.6) is 0 Å². The van der Waals surface area contributed by atoms with E-state index in [4.69, 9.17) is 47.4 Å². The molecule has 3 aliphatic heterocycles. The van der Waals surface area contributed by atoms with Gasteiger partial charge < -0.3 is 47.4 Å². The standard InChI is InChI=1S/C37H44N6O19/c1-6-13-54-26-21(61-32(29(26)57-17(2)44)41-10-7-23(47)38-35(41)50)15-56-28-22(62-34(31(28)59-19(4)46)43-12-9-25(49)40-37(43)52)16-55-27-20(14-53-5)60-33(30(27)58-18(3)45)42-11-8-24(48)39-36(42)51/h6-12,20-22,26-34H,1,13-16H2,2-5H3,(H,38,47,50)(H,39,48,51)(H,40,49,52)/t20-,21-,22-,26-,27-,28-,29-,30-,31-,32-,33-,34-/m1/s1. The quantitative estimate of drug-likeness (QED) is 0.0696. The van der Waals surface area contributed by atoms with Gasteiger partial charge in [0.15, 0.2) is 37.0 Å². The minimum Gasteiger partial charge on any atom is -0.455 e. The molecule has 0 saturated carbocycles. The number of aromatic amines is 3. The smallest absolute Gasteiger partial charge is 0.330 e. The van der Waals surface area contributed by atoms with E-state index in [1.165, 1.54) is 13.2 Å². The van der Waals surface area contributed by atoms with Crippen LogP contribution >= 0.6 is 0 Å². The van der Waals surface area contributed by atoms with Gasteiger partial charge in [-0.2, -0.15) is 0 Å². The molecule has 336 valence electrons. The fourth-order valence-corrected chi connectivity index (χ4v) is 7.39. The molecule has 0 aromatic carbocycles. The fourth-order valence-electron chi connectivity index (χ4n) is 7.39. The summed E-state index contributed by atoms with van der Waals surface area (Å²) in [5.74, 6) is -2.37. The van der Waals surface area contributed by atoms with E-state index in [9.17, 15) is 43.2 Å². The van der Waals surface area contributed by atoms with Gasteiger partial charge in [0, 0.05) is 64.7 Å². The number of esters is 3. The van der Waals surface area contributed by atoms with E-state index in [-0.39, 0.29) is 13.2 Å². The summed E-state index contributed by atoms with van der Waals surface area (Å²) in [6.07, 6.45) is -10.6. The average Bonchev–Trinajstić information content (AvgIpc) is 3.81. The Bertz CT molecular complexity index is 2470. The lowest BCUT2D eigenvalue weighted by Crippen LogP contribution is -2.46. The molecule has 6 heterocycles. The zero-order valence-electron chi connectivity index (χ0n) is 33.6. The highest BCUT2D eigenvalue weighted by Gasteiger charge is 2.54. The predicted molar refractivity (Wildman–Crippen MR) is 204 cm³/mol. The molecule has 62 heavy (non-hydrogen) atoms. The van der Waals surface area contributed by atoms with Crippen molar-refractivity contribution in [2.24, 2.45) is 0 Å². The zero-order valence-corrected chi connectivity index (χ0v) is 33.6. The molecule has 25 heteroatoms. The Hall–Kier alpha value is -6.09. The Balaban J connectivity index is 1.36. The van der Waals surface area contributed by atoms with Crippen LogP contribution in [-0.2, 0) is 61.8 Å². The molecule has 0 aliphatic carbocycles. The monoisotopic (exact) mass is 876 g/mol. The van der Waals surface area contributed by atoms with Gasteiger partial charge in [-0.05, 0) is 0 Å². The second kappa shape index (κ2) is 19.7. The Kier molecular flexibility index (Phi) is 14.5. The second-order valence-electron chi connectivity index (χ2n) is 14.1. The fraction of sp³-hybridized carbons (Fsp3) is 0.541. The molecule has 0 spiro atoms. The van der Waals surface area contributed by atoms with E-state index in [0.717, 1.165) is 71.3 Å². The number of hydrogen-bond acceptors (Lipinski definition) is 19. The van der Waals surface area contributed by atoms with Gasteiger partial charge in [-0.1, -0.05) is 6.08 Å². The first-order chi connectivity index (χ1) is 29.6. The van der Waals surface area contributed by atoms with Gasteiger partial charge in [-0.3, -0.25) is 57.4 Å². The third-order valence-corrected chi connectivity index (χ3v) is 9.78. The van der Waals surface area contributed by atoms with E-state index in [2.05, 4.69) is 21.5 Å². The largest absolute Gasteiger partial charge is 0.455 e. The van der Waals surface area contributed by atoms with Crippen LogP contribution in [0.1, 0.15) is 39.5 Å². The molecular weight excluding hydrogens is 832 g/mol. The summed E-state index contributed by atoms with van der Waals surface area (Å²) in [5.41, 5.74) is -4.84. The van der Waals surface area contributed by atoms with Crippen molar-refractivity contribution in [1.29, 1.82) is 0 Å². The second-order valence-corrected chi connectivity index (χ2v) is 14.1. The molecule has 0 unspecified atom stereocenters. The minimum atomic E-state index is -1.47. The topological polar surface area (TPSA) is 308 Å². The number of aromatic nitrogens is 6. The summed E-state index contributed by atoms with van der Waals surface area (Å²) in [5, 5.41) is 0. The molecule has 3 aliphatic rings. The summed E-state index contributed by atoms with van der Waals surface area (Å²) < 4.78 is 62.6. The van der Waals surface area contributed by atoms with E-state index in [1.54, 1.807) is 0 Å². The van der Waals surface area contributed by atoms with E-state index in [0.29, 0.717) is 0 Å². The lowest BCUT2D eigenvalue weighted by Gasteiger charge is -2.29. The maximum atomic E-state index is 13.1. The lowest BCUT2D eigenvalue weighted by atomic mass is 10.1. The maximum absolute atomic E-state index is 13.1. The molecule has 0 radical (unpaired) electrons. The molecule has 6 rings (SSSR count). The van der Waals surface area contributed by atoms with Crippen molar-refractivity contribution in [2.45, 2.75) is 94.4 Å². The molecule has 0 bridgehead atoms. The summed E-state index contributed by atoms with van der Waals surface area (Å²) in [4.78, 5) is 118. The van der Waals surface area contributed by atoms with Crippen LogP contribution in [0.2, 0.25) is 0 Å². The molecule has 3 N–H and O–H groups in total. The number of H-pyrrole nitrogens is 3. The van der Waals surface area contributed by atoms with Crippen LogP contribution in [0, 0.1) is 0 Å². The van der Waals surface area contributed by atoms with Crippen LogP contribution in [-0.4, -0.2) is 135 Å². The molecule has 3 aromatic rings. The lowest BCUT2D eigenvalue weighted by molar-refractivity contribution is -0.163. The van der Waals surface area contributed by atoms with Crippen molar-refractivity contribution in [1.82, 2.24) is 28.7 Å². The molecular formula is C37H44N6O19. The Labute approximate surface area is 347 Å². The predicted octanol–water partition coefficient (Wildman–Crippen LogP) is -2.89. The van der Waals surface area contributed by atoms with Crippen molar-refractivity contribution >= 4 is 17.9 Å². The van der Waals surface area contributed by atoms with Gasteiger partial charge >= 0.3 is 35.0 Å². The molecule has 3 fully saturated rings. The summed E-state index contributed by atoms with van der Waals surface area (Å²) in [7, 11) is 1.36. The van der Waals surface area contributed by atoms with Crippen molar-refractivity contribution in [3.8, 4) is 0 Å². The average molecular weight is 877 g/mol. The first-order valence-corrected chi connectivity index (χ1v) is 19.0. The number of hydrogen-bond donors (Lipinski definition) is 3. The van der Waals surface area contributed by atoms with E-state index >= 15 is 0 Å². The third-order valence-electron chi connectivity index (χ3n) is 9.78. The molecule has 12 atom stereocenters. The van der Waals surface area contributed by atoms with Crippen molar-refractivity contribution in [2.75, 3.05) is 33.5 Å². The molecule has 3 saturated heterocycles. The van der Waals surface area contributed by atoms with Crippen molar-refractivity contribution in [3.05, 3.63) is 112 Å². The summed E-state index contributed by atoms with van der Waals surface area (Å²) >= 11 is 0. The number of rotatable bonds is 17. The minimum absolute atomic E-state index is 0.0897. The number of carbonyl (C=O) groups excluding carboxylic acids is 3. The SMILES string of the molecule is C=CCO[C@H]1[C@@H](OC(C)=O)[C@H](n2ccc(=O)[nH]c2=O)O[C@@H]1CO[C@H]1[C@@H](OC(C)=O)[C@H](n2ccc(=O)[nH]c2=O)O[C@@H]1CO[C@H]1[C@@H](OC(C)=O)[C@H](n2ccc(=O)[nH]c2=O)O[C@@H]1COC. The van der Waals surface area contributed by atoms with Crippen molar-refractivity contribution < 1.29 is 61.8 Å². The number of nitrogens with zero attached hydrogens (tertiary/aromatic N) is 3. The van der Waals surface area contributed by atoms with Gasteiger partial charge in [0.2, 0.25) is 0 Å². The summed E-state index contributed by atoms with van der Waals surface area (Å²) in [6, 6.07) is 3.15. The highest BCUT2D eigenvalue weighted by atomic mass is 16.7. The number of ether oxygens (including phenoxy) is 10. The van der Waals surface area contributed by atoms with Crippen LogP contribution in [0.4, 0.5) is 0 Å². The third kappa shape index (κ3) is 10.2. The van der Waals surface area contributed by atoms with Crippen LogP contribution in [0.3, 0.4) is 0 Å². The first kappa shape index (κ1) is 45.4. The zero-order chi connectivity index (χ0) is 44.8. The number of methoxy groups -OCH3 is 1. The molecule has 0 amide bonds. The van der Waals surface area contributed by atoms with E-state index in [1.807, 2.05) is 0 Å². The Morgan fingerprint density at radius 3 is 1.18 bits per heavy atom. The number of carbonyl (C=O) groups is 3. The van der Waals surface area contributed by atoms with Crippen LogP contribution in [0.25, 0.3) is 0 Å². The van der Waals surface area contributed by atoms with Gasteiger partial charge in [-0.15, -0.1) is 6.58 Å².